The molecule has 0 aromatic carbocycles. The number of carboxylic acid groups (broad SMARTS) is 2. The Hall–Kier alpha value is -1.39. The highest BCUT2D eigenvalue weighted by molar-refractivity contribution is 5.94. The summed E-state index contributed by atoms with van der Waals surface area (Å²) in [5, 5.41) is 18.7. The van der Waals surface area contributed by atoms with Crippen molar-refractivity contribution in [3.63, 3.8) is 0 Å². The van der Waals surface area contributed by atoms with Crippen molar-refractivity contribution in [3.8, 4) is 0 Å². The monoisotopic (exact) mass is 254 g/mol. The number of carboxylic acids is 2. The van der Waals surface area contributed by atoms with Gasteiger partial charge in [0, 0.05) is 12.3 Å². The molecule has 0 radical (unpaired) electrons. The quantitative estimate of drug-likeness (QED) is 0.777. The summed E-state index contributed by atoms with van der Waals surface area (Å²) >= 11 is 0. The van der Waals surface area contributed by atoms with Gasteiger partial charge in [0.1, 0.15) is 5.78 Å². The number of hydrogen-bond acceptors (Lipinski definition) is 3. The molecule has 0 amide bonds. The standard InChI is InChI=1S/C13H18O5/c1-12(2)5-13(3)4-6(14)8(12)7(10(15)16)9(13)11(17)18/h7-9H,4-5H2,1-3H3,(H,15,16)(H,17,18)/t7-,8+,9+,13-/m0/s1. The molecule has 0 heterocycles. The molecule has 0 saturated heterocycles. The Morgan fingerprint density at radius 1 is 1.17 bits per heavy atom. The van der Waals surface area contributed by atoms with E-state index in [1.54, 1.807) is 6.92 Å². The number of hydrogen-bond donors (Lipinski definition) is 2. The zero-order valence-electron chi connectivity index (χ0n) is 10.8. The van der Waals surface area contributed by atoms with Crippen LogP contribution in [-0.4, -0.2) is 27.9 Å². The van der Waals surface area contributed by atoms with Gasteiger partial charge in [-0.1, -0.05) is 20.8 Å². The number of Topliss-reactive ketones (excluding diaryl/α,β-unsaturated/α-hetero) is 1. The molecule has 5 nitrogen and oxygen atoms in total. The Morgan fingerprint density at radius 3 is 2.11 bits per heavy atom. The highest BCUT2D eigenvalue weighted by Crippen LogP contribution is 2.62. The Balaban J connectivity index is 2.58. The molecule has 3 saturated carbocycles. The van der Waals surface area contributed by atoms with E-state index in [4.69, 9.17) is 0 Å². The molecule has 0 spiro atoms. The molecule has 100 valence electrons. The van der Waals surface area contributed by atoms with E-state index in [0.29, 0.717) is 6.42 Å². The molecule has 5 heteroatoms. The van der Waals surface area contributed by atoms with Crippen molar-refractivity contribution in [2.45, 2.75) is 33.6 Å². The first-order valence-electron chi connectivity index (χ1n) is 6.08. The number of rotatable bonds is 2. The molecule has 0 aromatic rings. The van der Waals surface area contributed by atoms with Crippen LogP contribution in [-0.2, 0) is 14.4 Å². The van der Waals surface area contributed by atoms with Gasteiger partial charge in [-0.3, -0.25) is 14.4 Å². The molecule has 18 heavy (non-hydrogen) atoms. The van der Waals surface area contributed by atoms with E-state index in [-0.39, 0.29) is 12.2 Å². The normalized spacial score (nSPS) is 41.7. The first-order chi connectivity index (χ1) is 8.10. The molecule has 3 aliphatic rings. The summed E-state index contributed by atoms with van der Waals surface area (Å²) in [6.07, 6.45) is 0.763. The van der Waals surface area contributed by atoms with Crippen LogP contribution >= 0.6 is 0 Å². The molecule has 0 unspecified atom stereocenters. The number of aliphatic carboxylic acids is 2. The van der Waals surface area contributed by atoms with E-state index >= 15 is 0 Å². The summed E-state index contributed by atoms with van der Waals surface area (Å²) in [5.41, 5.74) is -1.19. The fourth-order valence-corrected chi connectivity index (χ4v) is 4.43. The van der Waals surface area contributed by atoms with Gasteiger partial charge in [0.15, 0.2) is 0 Å². The highest BCUT2D eigenvalue weighted by Gasteiger charge is 2.65. The largest absolute Gasteiger partial charge is 0.481 e. The van der Waals surface area contributed by atoms with Gasteiger partial charge >= 0.3 is 11.9 Å². The van der Waals surface area contributed by atoms with Crippen LogP contribution in [0.2, 0.25) is 0 Å². The van der Waals surface area contributed by atoms with Crippen molar-refractivity contribution in [1.82, 2.24) is 0 Å². The van der Waals surface area contributed by atoms with Crippen molar-refractivity contribution < 1.29 is 24.6 Å². The zero-order valence-corrected chi connectivity index (χ0v) is 10.8. The van der Waals surface area contributed by atoms with Gasteiger partial charge in [-0.05, 0) is 17.3 Å². The lowest BCUT2D eigenvalue weighted by Crippen LogP contribution is -2.62. The predicted molar refractivity (Wildman–Crippen MR) is 61.9 cm³/mol. The van der Waals surface area contributed by atoms with E-state index in [1.165, 1.54) is 0 Å². The molecule has 3 aliphatic carbocycles. The van der Waals surface area contributed by atoms with Crippen LogP contribution in [0.1, 0.15) is 33.6 Å². The van der Waals surface area contributed by atoms with Gasteiger partial charge in [0.05, 0.1) is 11.8 Å². The minimum absolute atomic E-state index is 0.0985. The van der Waals surface area contributed by atoms with Crippen LogP contribution in [0.15, 0.2) is 0 Å². The van der Waals surface area contributed by atoms with Crippen molar-refractivity contribution >= 4 is 17.7 Å². The third-order valence-corrected chi connectivity index (χ3v) is 4.65. The van der Waals surface area contributed by atoms with E-state index in [2.05, 4.69) is 0 Å². The second-order valence-corrected chi connectivity index (χ2v) is 6.62. The number of carbonyl (C=O) groups is 3. The first kappa shape index (κ1) is 13.1. The fourth-order valence-electron chi connectivity index (χ4n) is 4.43. The summed E-state index contributed by atoms with van der Waals surface area (Å²) < 4.78 is 0. The van der Waals surface area contributed by atoms with Gasteiger partial charge in [-0.15, -0.1) is 0 Å². The fraction of sp³-hybridized carbons (Fsp3) is 0.769. The molecule has 4 atom stereocenters. The third-order valence-electron chi connectivity index (χ3n) is 4.65. The lowest BCUT2D eigenvalue weighted by Gasteiger charge is -2.58. The van der Waals surface area contributed by atoms with Crippen LogP contribution in [0.5, 0.6) is 0 Å². The van der Waals surface area contributed by atoms with Crippen molar-refractivity contribution in [2.75, 3.05) is 0 Å². The second-order valence-electron chi connectivity index (χ2n) is 6.62. The van der Waals surface area contributed by atoms with E-state index in [1.807, 2.05) is 13.8 Å². The maximum absolute atomic E-state index is 12.1. The van der Waals surface area contributed by atoms with Crippen molar-refractivity contribution in [1.29, 1.82) is 0 Å². The summed E-state index contributed by atoms with van der Waals surface area (Å²) in [5.74, 6) is -5.11. The maximum Gasteiger partial charge on any atom is 0.308 e. The molecule has 0 aliphatic heterocycles. The highest BCUT2D eigenvalue weighted by atomic mass is 16.4. The average molecular weight is 254 g/mol. The summed E-state index contributed by atoms with van der Waals surface area (Å²) in [4.78, 5) is 34.9. The van der Waals surface area contributed by atoms with E-state index in [0.717, 1.165) is 0 Å². The van der Waals surface area contributed by atoms with Crippen LogP contribution < -0.4 is 0 Å². The molecule has 3 fully saturated rings. The van der Waals surface area contributed by atoms with Crippen LogP contribution in [0.4, 0.5) is 0 Å². The topological polar surface area (TPSA) is 91.7 Å². The molecule has 3 rings (SSSR count). The summed E-state index contributed by atoms with van der Waals surface area (Å²) in [6, 6.07) is 0. The number of ketones is 1. The minimum atomic E-state index is -1.17. The second kappa shape index (κ2) is 3.56. The van der Waals surface area contributed by atoms with Gasteiger partial charge in [0.25, 0.3) is 0 Å². The summed E-state index contributed by atoms with van der Waals surface area (Å²) in [7, 11) is 0. The Kier molecular flexibility index (Phi) is 2.58. The van der Waals surface area contributed by atoms with Gasteiger partial charge < -0.3 is 10.2 Å². The van der Waals surface area contributed by atoms with Gasteiger partial charge in [-0.2, -0.15) is 0 Å². The molecular weight excluding hydrogens is 236 g/mol. The van der Waals surface area contributed by atoms with Gasteiger partial charge in [-0.25, -0.2) is 0 Å². The molecule has 2 N–H and O–H groups in total. The zero-order chi connectivity index (χ0) is 13.9. The van der Waals surface area contributed by atoms with E-state index < -0.39 is 40.5 Å². The molecular formula is C13H18O5. The third kappa shape index (κ3) is 1.56. The summed E-state index contributed by atoms with van der Waals surface area (Å²) in [6.45, 7) is 5.46. The Bertz CT molecular complexity index is 437. The van der Waals surface area contributed by atoms with Crippen molar-refractivity contribution in [3.05, 3.63) is 0 Å². The van der Waals surface area contributed by atoms with Gasteiger partial charge in [0.2, 0.25) is 0 Å². The molecule has 2 bridgehead atoms. The number of carbonyl (C=O) groups excluding carboxylic acids is 1. The van der Waals surface area contributed by atoms with E-state index in [9.17, 15) is 24.6 Å². The smallest absolute Gasteiger partial charge is 0.308 e. The predicted octanol–water partition coefficient (Wildman–Crippen LogP) is 1.41. The number of fused-ring (bicyclic) bond motifs is 3. The minimum Gasteiger partial charge on any atom is -0.481 e. The lowest BCUT2D eigenvalue weighted by molar-refractivity contribution is -0.189. The Labute approximate surface area is 105 Å². The van der Waals surface area contributed by atoms with Crippen LogP contribution in [0, 0.1) is 28.6 Å². The molecule has 0 aromatic heterocycles. The average Bonchev–Trinajstić information content (AvgIpc) is 2.10. The maximum atomic E-state index is 12.1. The SMILES string of the molecule is CC1(C)C[C@]2(C)CC(=O)[C@@H]1[C@H](C(=O)O)[C@@H]2C(=O)O. The first-order valence-corrected chi connectivity index (χ1v) is 6.08. The lowest BCUT2D eigenvalue weighted by atomic mass is 9.43. The Morgan fingerprint density at radius 2 is 1.72 bits per heavy atom. The van der Waals surface area contributed by atoms with Crippen LogP contribution in [0.3, 0.4) is 0 Å². The van der Waals surface area contributed by atoms with Crippen molar-refractivity contribution in [2.24, 2.45) is 28.6 Å². The van der Waals surface area contributed by atoms with Crippen LogP contribution in [0.25, 0.3) is 0 Å².